The van der Waals surface area contributed by atoms with Gasteiger partial charge in [0.05, 0.1) is 68.5 Å². The average molecular weight is 1310 g/mol. The van der Waals surface area contributed by atoms with Gasteiger partial charge in [-0.25, -0.2) is 19.2 Å². The molecule has 2 N–H and O–H groups in total. The molecule has 21 heteroatoms. The number of rotatable bonds is 33. The molecule has 96 heavy (non-hydrogen) atoms. The number of hydrogen-bond donors (Lipinski definition) is 2. The molecular weight excluding hydrogens is 1230 g/mol. The van der Waals surface area contributed by atoms with E-state index in [1.807, 2.05) is 78.9 Å². The zero-order valence-electron chi connectivity index (χ0n) is 53.4. The monoisotopic (exact) mass is 1310 g/mol. The summed E-state index contributed by atoms with van der Waals surface area (Å²) in [5.41, 5.74) is 1.82. The van der Waals surface area contributed by atoms with Crippen LogP contribution < -0.4 is 14.8 Å². The van der Waals surface area contributed by atoms with Gasteiger partial charge in [-0.2, -0.15) is 0 Å². The fourth-order valence-electron chi connectivity index (χ4n) is 11.5. The number of amides is 2. The van der Waals surface area contributed by atoms with Crippen LogP contribution in [0.25, 0.3) is 0 Å². The van der Waals surface area contributed by atoms with Crippen molar-refractivity contribution in [2.75, 3.05) is 47.1 Å². The normalized spacial score (nSPS) is 18.2. The van der Waals surface area contributed by atoms with Crippen LogP contribution in [0.15, 0.2) is 200 Å². The van der Waals surface area contributed by atoms with Gasteiger partial charge in [0.1, 0.15) is 35.9 Å². The summed E-state index contributed by atoms with van der Waals surface area (Å²) in [5, 5.41) is 12.2. The Balaban J connectivity index is 0.823. The smallest absolute Gasteiger partial charge is 0.338 e. The van der Waals surface area contributed by atoms with Crippen LogP contribution in [0.1, 0.15) is 122 Å². The highest BCUT2D eigenvalue weighted by atomic mass is 16.7. The molecule has 2 aliphatic heterocycles. The van der Waals surface area contributed by atoms with Gasteiger partial charge in [-0.1, -0.05) is 134 Å². The fraction of sp³-hybridized carbons (Fsp3) is 0.333. The van der Waals surface area contributed by atoms with Crippen molar-refractivity contribution in [3.8, 4) is 11.5 Å². The van der Waals surface area contributed by atoms with Crippen molar-refractivity contribution in [3.63, 3.8) is 0 Å². The number of carbonyl (C=O) groups excluding carboxylic acids is 7. The maximum Gasteiger partial charge on any atom is 0.338 e. The maximum atomic E-state index is 14.3. The number of nitrogens with one attached hydrogen (secondary N) is 1. The second-order valence-corrected chi connectivity index (χ2v) is 23.0. The van der Waals surface area contributed by atoms with E-state index in [0.717, 1.165) is 16.7 Å². The summed E-state index contributed by atoms with van der Waals surface area (Å²) < 4.78 is 61.0. The summed E-state index contributed by atoms with van der Waals surface area (Å²) in [5.74, 6) is -4.20. The van der Waals surface area contributed by atoms with Crippen LogP contribution in [0.5, 0.6) is 11.5 Å². The molecule has 0 bridgehead atoms. The van der Waals surface area contributed by atoms with E-state index in [2.05, 4.69) is 5.32 Å². The lowest BCUT2D eigenvalue weighted by atomic mass is 9.80. The Labute approximate surface area is 556 Å². The fourth-order valence-corrected chi connectivity index (χ4v) is 11.5. The lowest BCUT2D eigenvalue weighted by molar-refractivity contribution is -0.298. The molecule has 9 rings (SSSR count). The van der Waals surface area contributed by atoms with Crippen molar-refractivity contribution >= 4 is 47.6 Å². The summed E-state index contributed by atoms with van der Waals surface area (Å²) in [6.07, 6.45) is -6.27. The summed E-state index contributed by atoms with van der Waals surface area (Å²) in [4.78, 5) is 109. The largest absolute Gasteiger partial charge is 0.497 e. The number of hydrogen-bond acceptors (Lipinski definition) is 18. The minimum atomic E-state index is -1.61. The van der Waals surface area contributed by atoms with Crippen molar-refractivity contribution in [2.45, 2.75) is 113 Å². The Hall–Kier alpha value is -10.2. The Bertz CT molecular complexity index is 3610. The molecule has 0 aliphatic carbocycles. The molecule has 2 unspecified atom stereocenters. The average Bonchev–Trinajstić information content (AvgIpc) is 0.832. The first kappa shape index (κ1) is 70.1. The SMILES string of the molecule is COc1ccc(C(OC[C@@H]2C[C@@H](OC(=O)CCC(=O)O)CN2C(=O)CCCCCNC(=O)CCCCO[C@@H]2OC(COC(=O)c3ccccc3)[C@H](OC(=O)c3ccccc3)[C@H](OC(=O)c3ccccc3)C2OC(=O)c2ccccc2)(c2ccccc2)c2ccc(OC)cc2)cc1. The molecule has 0 spiro atoms. The highest BCUT2D eigenvalue weighted by Crippen LogP contribution is 2.43. The number of benzene rings is 7. The molecule has 502 valence electrons. The number of carboxylic acid groups (broad SMARTS) is 1. The topological polar surface area (TPSA) is 264 Å². The molecule has 0 saturated carbocycles. The Kier molecular flexibility index (Phi) is 25.8. The van der Waals surface area contributed by atoms with Gasteiger partial charge in [0.25, 0.3) is 0 Å². The van der Waals surface area contributed by atoms with Gasteiger partial charge >= 0.3 is 35.8 Å². The van der Waals surface area contributed by atoms with E-state index in [-0.39, 0.29) is 79.5 Å². The second-order valence-electron chi connectivity index (χ2n) is 23.0. The lowest BCUT2D eigenvalue weighted by Gasteiger charge is -2.44. The first-order valence-corrected chi connectivity index (χ1v) is 32.0. The minimum absolute atomic E-state index is 0.0229. The zero-order valence-corrected chi connectivity index (χ0v) is 53.4. The van der Waals surface area contributed by atoms with Crippen LogP contribution in [-0.2, 0) is 62.7 Å². The van der Waals surface area contributed by atoms with Crippen molar-refractivity contribution < 1.29 is 90.8 Å². The van der Waals surface area contributed by atoms with Crippen LogP contribution in [0, 0.1) is 0 Å². The lowest BCUT2D eigenvalue weighted by Crippen LogP contribution is -2.63. The maximum absolute atomic E-state index is 14.3. The van der Waals surface area contributed by atoms with Gasteiger partial charge < -0.3 is 62.7 Å². The van der Waals surface area contributed by atoms with Gasteiger partial charge in [0.2, 0.25) is 11.8 Å². The van der Waals surface area contributed by atoms with E-state index in [1.54, 1.807) is 104 Å². The van der Waals surface area contributed by atoms with E-state index in [9.17, 15) is 43.5 Å². The van der Waals surface area contributed by atoms with E-state index in [1.165, 1.54) is 36.4 Å². The molecule has 2 amide bonds. The third-order valence-electron chi connectivity index (χ3n) is 16.4. The number of carboxylic acids is 1. The van der Waals surface area contributed by atoms with Crippen molar-refractivity contribution in [3.05, 3.63) is 239 Å². The standard InChI is InChI=1S/C75H78N2O19/c1-87-59-39-35-56(36-40-59)75(55-31-17-7-18-32-55,57-37-41-60(88-2)42-38-57)91-49-58-47-61(92-66(82)44-43-65(80)81)48-77(58)64(79)34-19-8-21-45-76-63(78)33-20-22-46-89-74-69(96-73(86)54-29-15-6-16-30-54)68(95-72(85)53-27-13-5-14-28-53)67(94-71(84)52-25-11-4-12-26-52)62(93-74)50-90-70(83)51-23-9-3-10-24-51/h3-7,9-18,23-32,35-42,58,61-62,67-69,74H,8,19-22,33-34,43-50H2,1-2H3,(H,76,78)(H,80,81)/t58-,61+,62?,67-,68-,69?,74+/m0/s1. The van der Waals surface area contributed by atoms with Gasteiger partial charge in [-0.3, -0.25) is 19.2 Å². The van der Waals surface area contributed by atoms with Gasteiger partial charge in [-0.15, -0.1) is 0 Å². The third kappa shape index (κ3) is 19.2. The van der Waals surface area contributed by atoms with Gasteiger partial charge in [0.15, 0.2) is 24.6 Å². The third-order valence-corrected chi connectivity index (χ3v) is 16.4. The molecule has 2 fully saturated rings. The van der Waals surface area contributed by atoms with Crippen LogP contribution in [0.4, 0.5) is 0 Å². The first-order valence-electron chi connectivity index (χ1n) is 32.0. The molecular formula is C75H78N2O19. The highest BCUT2D eigenvalue weighted by Gasteiger charge is 2.54. The van der Waals surface area contributed by atoms with Gasteiger partial charge in [-0.05, 0) is 115 Å². The summed E-state index contributed by atoms with van der Waals surface area (Å²) in [6, 6.07) is 56.6. The molecule has 21 nitrogen and oxygen atoms in total. The van der Waals surface area contributed by atoms with Crippen molar-refractivity contribution in [2.24, 2.45) is 0 Å². The molecule has 7 aromatic carbocycles. The summed E-state index contributed by atoms with van der Waals surface area (Å²) in [7, 11) is 3.18. The quantitative estimate of drug-likeness (QED) is 0.0168. The number of likely N-dealkylation sites (tertiary alicyclic amines) is 1. The number of nitrogens with zero attached hydrogens (tertiary/aromatic N) is 1. The molecule has 7 aromatic rings. The van der Waals surface area contributed by atoms with Crippen molar-refractivity contribution in [1.82, 2.24) is 10.2 Å². The molecule has 2 heterocycles. The molecule has 2 aliphatic rings. The predicted molar refractivity (Wildman–Crippen MR) is 349 cm³/mol. The highest BCUT2D eigenvalue weighted by molar-refractivity contribution is 5.92. The molecule has 2 saturated heterocycles. The number of aliphatic carboxylic acids is 1. The minimum Gasteiger partial charge on any atom is -0.497 e. The zero-order chi connectivity index (χ0) is 67.7. The van der Waals surface area contributed by atoms with E-state index < -0.39 is 97.3 Å². The predicted octanol–water partition coefficient (Wildman–Crippen LogP) is 10.5. The molecule has 0 radical (unpaired) electrons. The number of carbonyl (C=O) groups is 8. The van der Waals surface area contributed by atoms with Crippen LogP contribution in [0.3, 0.4) is 0 Å². The van der Waals surface area contributed by atoms with E-state index in [0.29, 0.717) is 50.1 Å². The van der Waals surface area contributed by atoms with E-state index in [4.69, 9.17) is 47.4 Å². The number of unbranched alkanes of at least 4 members (excludes halogenated alkanes) is 3. The summed E-state index contributed by atoms with van der Waals surface area (Å²) >= 11 is 0. The summed E-state index contributed by atoms with van der Waals surface area (Å²) in [6.45, 7) is -0.161. The van der Waals surface area contributed by atoms with Crippen molar-refractivity contribution in [1.29, 1.82) is 0 Å². The molecule has 0 aromatic heterocycles. The van der Waals surface area contributed by atoms with Crippen LogP contribution in [0.2, 0.25) is 0 Å². The van der Waals surface area contributed by atoms with E-state index >= 15 is 0 Å². The Morgan fingerprint density at radius 1 is 0.500 bits per heavy atom. The number of esters is 5. The van der Waals surface area contributed by atoms with Crippen LogP contribution in [-0.4, -0.2) is 148 Å². The number of ether oxygens (including phenoxy) is 10. The molecule has 7 atom stereocenters. The van der Waals surface area contributed by atoms with Crippen LogP contribution >= 0.6 is 0 Å². The first-order chi connectivity index (χ1) is 46.7. The Morgan fingerprint density at radius 3 is 1.50 bits per heavy atom. The number of methoxy groups -OCH3 is 2. The Morgan fingerprint density at radius 2 is 0.979 bits per heavy atom. The van der Waals surface area contributed by atoms with Gasteiger partial charge in [0, 0.05) is 32.4 Å². The second kappa shape index (κ2) is 35.3.